The van der Waals surface area contributed by atoms with E-state index >= 15 is 0 Å². The molecule has 0 atom stereocenters. The minimum atomic E-state index is -0.143. The average molecular weight is 423 g/mol. The zero-order valence-electron chi connectivity index (χ0n) is 15.6. The number of nitrogens with one attached hydrogen (secondary N) is 2. The van der Waals surface area contributed by atoms with Crippen molar-refractivity contribution < 1.29 is 14.3 Å². The Morgan fingerprint density at radius 3 is 2.86 bits per heavy atom. The van der Waals surface area contributed by atoms with Crippen LogP contribution in [0.4, 0.5) is 10.8 Å². The molecule has 1 fully saturated rings. The third kappa shape index (κ3) is 5.67. The minimum Gasteiger partial charge on any atom is -0.383 e. The molecule has 0 aliphatic heterocycles. The number of hydrogen-bond donors (Lipinski definition) is 2. The molecule has 9 heteroatoms. The van der Waals surface area contributed by atoms with E-state index in [-0.39, 0.29) is 24.3 Å². The van der Waals surface area contributed by atoms with Crippen LogP contribution in [0, 0.1) is 0 Å². The second-order valence-corrected chi connectivity index (χ2v) is 7.73. The largest absolute Gasteiger partial charge is 0.383 e. The fourth-order valence-corrected chi connectivity index (χ4v) is 3.57. The van der Waals surface area contributed by atoms with Crippen LogP contribution in [-0.2, 0) is 9.53 Å². The predicted octanol–water partition coefficient (Wildman–Crippen LogP) is 3.30. The molecule has 1 aliphatic rings. The van der Waals surface area contributed by atoms with Crippen LogP contribution in [0.1, 0.15) is 29.8 Å². The van der Waals surface area contributed by atoms with Crippen molar-refractivity contribution in [3.05, 3.63) is 40.4 Å². The number of rotatable bonds is 10. The normalized spacial score (nSPS) is 13.2. The molecule has 0 radical (unpaired) electrons. The first-order valence-corrected chi connectivity index (χ1v) is 10.4. The van der Waals surface area contributed by atoms with Crippen LogP contribution in [-0.4, -0.2) is 54.5 Å². The van der Waals surface area contributed by atoms with Crippen LogP contribution in [0.25, 0.3) is 0 Å². The van der Waals surface area contributed by atoms with Crippen molar-refractivity contribution in [1.82, 2.24) is 15.2 Å². The highest BCUT2D eigenvalue weighted by Gasteiger charge is 2.34. The van der Waals surface area contributed by atoms with Crippen LogP contribution in [0.5, 0.6) is 0 Å². The quantitative estimate of drug-likeness (QED) is 0.574. The van der Waals surface area contributed by atoms with E-state index in [9.17, 15) is 9.59 Å². The van der Waals surface area contributed by atoms with E-state index in [1.165, 1.54) is 11.3 Å². The lowest BCUT2D eigenvalue weighted by Gasteiger charge is -2.21. The number of hydrogen-bond acceptors (Lipinski definition) is 6. The molecule has 2 N–H and O–H groups in total. The van der Waals surface area contributed by atoms with Gasteiger partial charge in [-0.15, -0.1) is 11.3 Å². The van der Waals surface area contributed by atoms with E-state index in [0.717, 1.165) is 18.5 Å². The van der Waals surface area contributed by atoms with Crippen molar-refractivity contribution in [2.75, 3.05) is 32.1 Å². The van der Waals surface area contributed by atoms with E-state index in [1.807, 2.05) is 18.2 Å². The maximum atomic E-state index is 12.9. The molecule has 2 amide bonds. The Bertz CT molecular complexity index is 825. The Kier molecular flexibility index (Phi) is 7.24. The fourth-order valence-electron chi connectivity index (χ4n) is 2.69. The molecular formula is C19H23ClN4O3S. The maximum absolute atomic E-state index is 12.9. The SMILES string of the molecule is COCCNC(=O)CCN(C(=O)c1csc(Nc2ccccc2Cl)n1)C1CC1. The first-order valence-electron chi connectivity index (χ1n) is 9.12. The second-order valence-electron chi connectivity index (χ2n) is 6.47. The van der Waals surface area contributed by atoms with Crippen molar-refractivity contribution in [2.24, 2.45) is 0 Å². The van der Waals surface area contributed by atoms with Gasteiger partial charge in [-0.25, -0.2) is 4.98 Å². The number of amides is 2. The number of nitrogens with zero attached hydrogens (tertiary/aromatic N) is 2. The van der Waals surface area contributed by atoms with E-state index in [0.29, 0.717) is 35.5 Å². The summed E-state index contributed by atoms with van der Waals surface area (Å²) in [6.07, 6.45) is 2.19. The molecule has 28 heavy (non-hydrogen) atoms. The number of para-hydroxylation sites is 1. The van der Waals surface area contributed by atoms with Crippen molar-refractivity contribution in [1.29, 1.82) is 0 Å². The molecule has 1 aliphatic carbocycles. The summed E-state index contributed by atoms with van der Waals surface area (Å²) in [5, 5.41) is 8.84. The van der Waals surface area contributed by atoms with Crippen molar-refractivity contribution in [3.63, 3.8) is 0 Å². The summed E-state index contributed by atoms with van der Waals surface area (Å²) in [5.74, 6) is -0.231. The molecule has 0 bridgehead atoms. The van der Waals surface area contributed by atoms with Gasteiger partial charge in [0.2, 0.25) is 5.91 Å². The number of ether oxygens (including phenoxy) is 1. The first-order chi connectivity index (χ1) is 13.6. The monoisotopic (exact) mass is 422 g/mol. The summed E-state index contributed by atoms with van der Waals surface area (Å²) in [6.45, 7) is 1.32. The zero-order chi connectivity index (χ0) is 19.9. The summed E-state index contributed by atoms with van der Waals surface area (Å²) in [7, 11) is 1.59. The molecule has 1 heterocycles. The average Bonchev–Trinajstić information content (AvgIpc) is 3.41. The third-order valence-electron chi connectivity index (χ3n) is 4.30. The maximum Gasteiger partial charge on any atom is 0.273 e. The van der Waals surface area contributed by atoms with Crippen LogP contribution in [0.2, 0.25) is 5.02 Å². The molecule has 3 rings (SSSR count). The summed E-state index contributed by atoms with van der Waals surface area (Å²) < 4.78 is 4.91. The highest BCUT2D eigenvalue weighted by atomic mass is 35.5. The topological polar surface area (TPSA) is 83.6 Å². The van der Waals surface area contributed by atoms with E-state index < -0.39 is 0 Å². The Morgan fingerprint density at radius 2 is 2.14 bits per heavy atom. The Balaban J connectivity index is 1.59. The zero-order valence-corrected chi connectivity index (χ0v) is 17.2. The van der Waals surface area contributed by atoms with Crippen LogP contribution in [0.15, 0.2) is 29.6 Å². The molecule has 1 aromatic carbocycles. The summed E-state index contributed by atoms with van der Waals surface area (Å²) in [5.41, 5.74) is 1.12. The van der Waals surface area contributed by atoms with Crippen molar-refractivity contribution in [2.45, 2.75) is 25.3 Å². The number of aromatic nitrogens is 1. The standard InChI is InChI=1S/C19H23ClN4O3S/c1-27-11-9-21-17(25)8-10-24(13-6-7-13)18(26)16-12-28-19(23-16)22-15-5-3-2-4-14(15)20/h2-5,12-13H,6-11H2,1H3,(H,21,25)(H,22,23). The van der Waals surface area contributed by atoms with Gasteiger partial charge < -0.3 is 20.3 Å². The van der Waals surface area contributed by atoms with Gasteiger partial charge in [0.05, 0.1) is 17.3 Å². The van der Waals surface area contributed by atoms with Gasteiger partial charge in [0, 0.05) is 38.0 Å². The lowest BCUT2D eigenvalue weighted by Crippen LogP contribution is -2.37. The first kappa shape index (κ1) is 20.6. The Labute approximate surface area is 173 Å². The van der Waals surface area contributed by atoms with Crippen LogP contribution >= 0.6 is 22.9 Å². The third-order valence-corrected chi connectivity index (χ3v) is 5.38. The molecule has 7 nitrogen and oxygen atoms in total. The summed E-state index contributed by atoms with van der Waals surface area (Å²) >= 11 is 7.50. The van der Waals surface area contributed by atoms with E-state index in [1.54, 1.807) is 23.5 Å². The summed E-state index contributed by atoms with van der Waals surface area (Å²) in [4.78, 5) is 31.0. The van der Waals surface area contributed by atoms with Gasteiger partial charge in [-0.1, -0.05) is 23.7 Å². The molecule has 1 aromatic heterocycles. The van der Waals surface area contributed by atoms with Gasteiger partial charge in [-0.3, -0.25) is 9.59 Å². The van der Waals surface area contributed by atoms with Crippen molar-refractivity contribution in [3.8, 4) is 0 Å². The molecule has 0 saturated heterocycles. The molecule has 0 unspecified atom stereocenters. The molecule has 1 saturated carbocycles. The van der Waals surface area contributed by atoms with E-state index in [4.69, 9.17) is 16.3 Å². The van der Waals surface area contributed by atoms with Gasteiger partial charge in [-0.05, 0) is 25.0 Å². The molecule has 2 aromatic rings. The van der Waals surface area contributed by atoms with Crippen LogP contribution < -0.4 is 10.6 Å². The number of halogens is 1. The van der Waals surface area contributed by atoms with Crippen molar-refractivity contribution >= 4 is 45.6 Å². The Morgan fingerprint density at radius 1 is 1.36 bits per heavy atom. The van der Waals surface area contributed by atoms with Gasteiger partial charge in [0.25, 0.3) is 5.91 Å². The second kappa shape index (κ2) is 9.86. The fraction of sp³-hybridized carbons (Fsp3) is 0.421. The highest BCUT2D eigenvalue weighted by Crippen LogP contribution is 2.30. The predicted molar refractivity (Wildman–Crippen MR) is 110 cm³/mol. The number of thiazole rings is 1. The highest BCUT2D eigenvalue weighted by molar-refractivity contribution is 7.14. The summed E-state index contributed by atoms with van der Waals surface area (Å²) in [6, 6.07) is 7.56. The lowest BCUT2D eigenvalue weighted by atomic mass is 10.3. The van der Waals surface area contributed by atoms with Crippen LogP contribution in [0.3, 0.4) is 0 Å². The van der Waals surface area contributed by atoms with Gasteiger partial charge >= 0.3 is 0 Å². The number of anilines is 2. The number of carbonyl (C=O) groups excluding carboxylic acids is 2. The smallest absolute Gasteiger partial charge is 0.273 e. The lowest BCUT2D eigenvalue weighted by molar-refractivity contribution is -0.121. The van der Waals surface area contributed by atoms with Gasteiger partial charge in [0.15, 0.2) is 5.13 Å². The molecular weight excluding hydrogens is 400 g/mol. The minimum absolute atomic E-state index is 0.0881. The Hall–Kier alpha value is -2.16. The van der Waals surface area contributed by atoms with E-state index in [2.05, 4.69) is 15.6 Å². The number of benzene rings is 1. The molecule has 0 spiro atoms. The number of carbonyl (C=O) groups is 2. The number of methoxy groups -OCH3 is 1. The molecule has 150 valence electrons. The van der Waals surface area contributed by atoms with Gasteiger partial charge in [-0.2, -0.15) is 0 Å². The van der Waals surface area contributed by atoms with Gasteiger partial charge in [0.1, 0.15) is 5.69 Å².